The number of aliphatic hydroxyl groups is 1. The van der Waals surface area contributed by atoms with Crippen LogP contribution in [-0.2, 0) is 16.6 Å². The van der Waals surface area contributed by atoms with Crippen LogP contribution in [0, 0.1) is 17.2 Å². The monoisotopic (exact) mass is 259 g/mol. The fourth-order valence-corrected chi connectivity index (χ4v) is 3.28. The van der Waals surface area contributed by atoms with Crippen LogP contribution in [-0.4, -0.2) is 24.4 Å². The minimum Gasteiger partial charge on any atom is -0.385 e. The van der Waals surface area contributed by atoms with Crippen molar-refractivity contribution in [2.45, 2.75) is 37.7 Å². The molecule has 0 spiro atoms. The lowest BCUT2D eigenvalue weighted by molar-refractivity contribution is -0.104. The van der Waals surface area contributed by atoms with Gasteiger partial charge in [0.25, 0.3) is 0 Å². The normalized spacial score (nSPS) is 24.8. The van der Waals surface area contributed by atoms with Crippen molar-refractivity contribution >= 4 is 0 Å². The molecule has 1 aromatic carbocycles. The summed E-state index contributed by atoms with van der Waals surface area (Å²) < 4.78 is 5.22. The maximum absolute atomic E-state index is 11.1. The number of hydrogen-bond acceptors (Lipinski definition) is 3. The van der Waals surface area contributed by atoms with Crippen LogP contribution in [0.1, 0.15) is 31.4 Å². The van der Waals surface area contributed by atoms with Crippen molar-refractivity contribution in [2.24, 2.45) is 5.92 Å². The summed E-state index contributed by atoms with van der Waals surface area (Å²) >= 11 is 0. The van der Waals surface area contributed by atoms with E-state index in [2.05, 4.69) is 6.07 Å². The highest BCUT2D eigenvalue weighted by Crippen LogP contribution is 2.49. The van der Waals surface area contributed by atoms with Gasteiger partial charge in [-0.25, -0.2) is 0 Å². The fraction of sp³-hybridized carbons (Fsp3) is 0.562. The Labute approximate surface area is 114 Å². The van der Waals surface area contributed by atoms with Gasteiger partial charge < -0.3 is 9.84 Å². The van der Waals surface area contributed by atoms with Gasteiger partial charge in [-0.05, 0) is 29.9 Å². The molecule has 0 aliphatic heterocycles. The molecule has 0 bridgehead atoms. The zero-order valence-corrected chi connectivity index (χ0v) is 11.8. The second-order valence-electron chi connectivity index (χ2n) is 5.69. The molecule has 0 saturated heterocycles. The third-order valence-corrected chi connectivity index (χ3v) is 4.50. The van der Waals surface area contributed by atoms with E-state index in [1.165, 1.54) is 5.56 Å². The van der Waals surface area contributed by atoms with E-state index in [1.807, 2.05) is 38.1 Å². The van der Waals surface area contributed by atoms with E-state index in [1.54, 1.807) is 7.11 Å². The molecule has 102 valence electrons. The Kier molecular flexibility index (Phi) is 3.66. The highest BCUT2D eigenvalue weighted by Gasteiger charge is 2.56. The molecule has 2 rings (SSSR count). The van der Waals surface area contributed by atoms with E-state index < -0.39 is 11.0 Å². The van der Waals surface area contributed by atoms with Crippen molar-refractivity contribution in [1.82, 2.24) is 0 Å². The van der Waals surface area contributed by atoms with E-state index in [9.17, 15) is 10.4 Å². The van der Waals surface area contributed by atoms with Crippen LogP contribution in [0.2, 0.25) is 0 Å². The average molecular weight is 259 g/mol. The molecule has 19 heavy (non-hydrogen) atoms. The molecule has 2 unspecified atom stereocenters. The van der Waals surface area contributed by atoms with Crippen molar-refractivity contribution in [1.29, 1.82) is 5.26 Å². The van der Waals surface area contributed by atoms with Gasteiger partial charge in [0.1, 0.15) is 11.0 Å². The van der Waals surface area contributed by atoms with Crippen LogP contribution in [0.25, 0.3) is 0 Å². The largest absolute Gasteiger partial charge is 0.385 e. The number of aryl methyl sites for hydroxylation is 1. The number of nitriles is 1. The van der Waals surface area contributed by atoms with Gasteiger partial charge in [-0.15, -0.1) is 0 Å². The predicted molar refractivity (Wildman–Crippen MR) is 73.7 cm³/mol. The van der Waals surface area contributed by atoms with E-state index in [0.29, 0.717) is 6.42 Å². The first-order valence-corrected chi connectivity index (χ1v) is 6.73. The molecule has 1 aliphatic carbocycles. The minimum atomic E-state index is -1.16. The van der Waals surface area contributed by atoms with E-state index >= 15 is 0 Å². The van der Waals surface area contributed by atoms with Gasteiger partial charge in [0.2, 0.25) is 0 Å². The Balaban J connectivity index is 2.59. The molecule has 3 nitrogen and oxygen atoms in total. The van der Waals surface area contributed by atoms with Crippen molar-refractivity contribution in [3.8, 4) is 6.07 Å². The lowest BCUT2D eigenvalue weighted by Gasteiger charge is -2.43. The second-order valence-corrected chi connectivity index (χ2v) is 5.69. The van der Waals surface area contributed by atoms with Gasteiger partial charge in [-0.3, -0.25) is 0 Å². The summed E-state index contributed by atoms with van der Waals surface area (Å²) in [7, 11) is 1.57. The van der Waals surface area contributed by atoms with Crippen LogP contribution in [0.15, 0.2) is 24.3 Å². The maximum Gasteiger partial charge on any atom is 0.114 e. The van der Waals surface area contributed by atoms with Crippen molar-refractivity contribution < 1.29 is 9.84 Å². The number of ether oxygens (including phenoxy) is 1. The highest BCUT2D eigenvalue weighted by molar-refractivity contribution is 5.47. The molecule has 2 atom stereocenters. The third kappa shape index (κ3) is 1.87. The molecule has 1 aliphatic rings. The number of fused-ring (bicyclic) bond motifs is 1. The molecule has 0 saturated carbocycles. The Morgan fingerprint density at radius 2 is 2.16 bits per heavy atom. The fourth-order valence-electron chi connectivity index (χ4n) is 3.28. The van der Waals surface area contributed by atoms with Crippen LogP contribution in [0.4, 0.5) is 0 Å². The number of nitrogens with zero attached hydrogens (tertiary/aromatic N) is 1. The standard InChI is InChI=1S/C16H21NO2/c1-12(2)16(18,11-19-3)15(10-17)9-8-13-6-4-5-7-14(13)15/h4-7,12,18H,8-9,11H2,1-3H3. The molecule has 1 aromatic rings. The number of benzene rings is 1. The highest BCUT2D eigenvalue weighted by atomic mass is 16.5. The van der Waals surface area contributed by atoms with Gasteiger partial charge >= 0.3 is 0 Å². The number of methoxy groups -OCH3 is 1. The van der Waals surface area contributed by atoms with Gasteiger partial charge in [0.05, 0.1) is 12.7 Å². The van der Waals surface area contributed by atoms with Gasteiger partial charge in [-0.2, -0.15) is 5.26 Å². The minimum absolute atomic E-state index is 0.0572. The maximum atomic E-state index is 11.1. The van der Waals surface area contributed by atoms with Crippen molar-refractivity contribution in [2.75, 3.05) is 13.7 Å². The molecule has 0 amide bonds. The Morgan fingerprint density at radius 1 is 1.47 bits per heavy atom. The third-order valence-electron chi connectivity index (χ3n) is 4.50. The van der Waals surface area contributed by atoms with Gasteiger partial charge in [0, 0.05) is 7.11 Å². The van der Waals surface area contributed by atoms with E-state index in [-0.39, 0.29) is 12.5 Å². The molecule has 3 heteroatoms. The summed E-state index contributed by atoms with van der Waals surface area (Å²) in [5.41, 5.74) is 0.0987. The summed E-state index contributed by atoms with van der Waals surface area (Å²) in [6.07, 6.45) is 1.49. The van der Waals surface area contributed by atoms with E-state index in [0.717, 1.165) is 12.0 Å². The topological polar surface area (TPSA) is 53.2 Å². The zero-order chi connectivity index (χ0) is 14.1. The van der Waals surface area contributed by atoms with Crippen LogP contribution in [0.5, 0.6) is 0 Å². The Morgan fingerprint density at radius 3 is 2.74 bits per heavy atom. The second kappa shape index (κ2) is 4.96. The van der Waals surface area contributed by atoms with Crippen LogP contribution in [0.3, 0.4) is 0 Å². The summed E-state index contributed by atoms with van der Waals surface area (Å²) in [6.45, 7) is 4.06. The first kappa shape index (κ1) is 14.0. The Bertz CT molecular complexity index is 506. The molecule has 0 radical (unpaired) electrons. The average Bonchev–Trinajstić information content (AvgIpc) is 2.79. The molecular formula is C16H21NO2. The summed E-state index contributed by atoms with van der Waals surface area (Å²) in [5.74, 6) is -0.0572. The lowest BCUT2D eigenvalue weighted by Crippen LogP contribution is -2.56. The number of rotatable bonds is 4. The summed E-state index contributed by atoms with van der Waals surface area (Å²) in [6, 6.07) is 10.3. The van der Waals surface area contributed by atoms with Crippen molar-refractivity contribution in [3.63, 3.8) is 0 Å². The quantitative estimate of drug-likeness (QED) is 0.903. The first-order valence-electron chi connectivity index (χ1n) is 6.73. The SMILES string of the molecule is COCC(O)(C(C)C)C1(C#N)CCc2ccccc21. The smallest absolute Gasteiger partial charge is 0.114 e. The molecule has 0 aromatic heterocycles. The Hall–Kier alpha value is -1.37. The van der Waals surface area contributed by atoms with E-state index in [4.69, 9.17) is 4.74 Å². The summed E-state index contributed by atoms with van der Waals surface area (Å²) in [5, 5.41) is 20.9. The van der Waals surface area contributed by atoms with Gasteiger partial charge in [-0.1, -0.05) is 38.1 Å². The lowest BCUT2D eigenvalue weighted by atomic mass is 9.64. The molecular weight excluding hydrogens is 238 g/mol. The van der Waals surface area contributed by atoms with Crippen molar-refractivity contribution in [3.05, 3.63) is 35.4 Å². The molecule has 0 heterocycles. The molecule has 0 fully saturated rings. The zero-order valence-electron chi connectivity index (χ0n) is 11.8. The molecule has 1 N–H and O–H groups in total. The predicted octanol–water partition coefficient (Wildman–Crippen LogP) is 2.43. The number of hydrogen-bond donors (Lipinski definition) is 1. The van der Waals surface area contributed by atoms with Crippen LogP contribution >= 0.6 is 0 Å². The first-order chi connectivity index (χ1) is 9.02. The summed E-state index contributed by atoms with van der Waals surface area (Å²) in [4.78, 5) is 0. The van der Waals surface area contributed by atoms with Gasteiger partial charge in [0.15, 0.2) is 0 Å². The van der Waals surface area contributed by atoms with Crippen LogP contribution < -0.4 is 0 Å².